The molecule has 0 amide bonds. The van der Waals surface area contributed by atoms with Crippen molar-refractivity contribution in [2.75, 3.05) is 6.61 Å². The van der Waals surface area contributed by atoms with Crippen LogP contribution >= 0.6 is 0 Å². The van der Waals surface area contributed by atoms with Crippen molar-refractivity contribution in [1.82, 2.24) is 9.66 Å². The highest BCUT2D eigenvalue weighted by molar-refractivity contribution is 5.80. The SMILES string of the molecule is N#CCOc1cccc(C=Nn2c(=O)[nH]c3ccccc3c2=O)c1. The summed E-state index contributed by atoms with van der Waals surface area (Å²) in [6.45, 7) is -0.0651. The summed E-state index contributed by atoms with van der Waals surface area (Å²) in [5, 5.41) is 12.9. The third kappa shape index (κ3) is 3.08. The number of nitriles is 1. The molecule has 118 valence electrons. The Morgan fingerprint density at radius 3 is 2.88 bits per heavy atom. The highest BCUT2D eigenvalue weighted by Crippen LogP contribution is 2.11. The largest absolute Gasteiger partial charge is 0.479 e. The first-order valence-electron chi connectivity index (χ1n) is 7.07. The molecule has 0 atom stereocenters. The van der Waals surface area contributed by atoms with E-state index in [1.807, 2.05) is 6.07 Å². The van der Waals surface area contributed by atoms with Gasteiger partial charge in [0.15, 0.2) is 6.61 Å². The zero-order valence-corrected chi connectivity index (χ0v) is 12.5. The Labute approximate surface area is 136 Å². The van der Waals surface area contributed by atoms with Gasteiger partial charge in [0, 0.05) is 0 Å². The van der Waals surface area contributed by atoms with Gasteiger partial charge in [-0.2, -0.15) is 10.4 Å². The van der Waals surface area contributed by atoms with Crippen LogP contribution in [-0.4, -0.2) is 22.5 Å². The number of aromatic amines is 1. The van der Waals surface area contributed by atoms with Crippen LogP contribution in [-0.2, 0) is 0 Å². The lowest BCUT2D eigenvalue weighted by Gasteiger charge is -2.02. The molecule has 7 nitrogen and oxygen atoms in total. The second-order valence-electron chi connectivity index (χ2n) is 4.86. The molecule has 0 aliphatic heterocycles. The Hall–Kier alpha value is -3.66. The number of aromatic nitrogens is 2. The van der Waals surface area contributed by atoms with E-state index in [-0.39, 0.29) is 6.61 Å². The van der Waals surface area contributed by atoms with E-state index in [4.69, 9.17) is 10.00 Å². The Morgan fingerprint density at radius 1 is 1.21 bits per heavy atom. The van der Waals surface area contributed by atoms with Crippen LogP contribution in [0.4, 0.5) is 0 Å². The molecule has 0 aliphatic rings. The average molecular weight is 320 g/mol. The maximum absolute atomic E-state index is 12.3. The highest BCUT2D eigenvalue weighted by Gasteiger charge is 2.05. The smallest absolute Gasteiger partial charge is 0.349 e. The van der Waals surface area contributed by atoms with Crippen LogP contribution in [0.2, 0.25) is 0 Å². The molecule has 0 spiro atoms. The highest BCUT2D eigenvalue weighted by atomic mass is 16.5. The van der Waals surface area contributed by atoms with Crippen LogP contribution in [0.3, 0.4) is 0 Å². The summed E-state index contributed by atoms with van der Waals surface area (Å²) in [5.41, 5.74) is -0.0231. The van der Waals surface area contributed by atoms with E-state index in [2.05, 4.69) is 10.1 Å². The van der Waals surface area contributed by atoms with Crippen LogP contribution in [0, 0.1) is 11.3 Å². The molecule has 0 saturated heterocycles. The molecule has 0 fully saturated rings. The minimum atomic E-state index is -0.619. The van der Waals surface area contributed by atoms with E-state index in [1.54, 1.807) is 48.5 Å². The Morgan fingerprint density at radius 2 is 2.04 bits per heavy atom. The fraction of sp³-hybridized carbons (Fsp3) is 0.0588. The molecule has 0 radical (unpaired) electrons. The number of hydrogen-bond donors (Lipinski definition) is 1. The monoisotopic (exact) mass is 320 g/mol. The van der Waals surface area contributed by atoms with Crippen LogP contribution in [0.25, 0.3) is 10.9 Å². The van der Waals surface area contributed by atoms with Gasteiger partial charge in [-0.05, 0) is 29.8 Å². The molecule has 2 aromatic carbocycles. The number of hydrogen-bond acceptors (Lipinski definition) is 5. The fourth-order valence-electron chi connectivity index (χ4n) is 2.18. The molecule has 24 heavy (non-hydrogen) atoms. The van der Waals surface area contributed by atoms with Gasteiger partial charge in [-0.15, -0.1) is 4.68 Å². The molecule has 0 unspecified atom stereocenters. The molecule has 1 heterocycles. The number of nitrogens with one attached hydrogen (secondary N) is 1. The van der Waals surface area contributed by atoms with Gasteiger partial charge in [-0.3, -0.25) is 4.79 Å². The molecule has 1 N–H and O–H groups in total. The van der Waals surface area contributed by atoms with E-state index in [0.29, 0.717) is 22.2 Å². The number of rotatable bonds is 4. The number of H-pyrrole nitrogens is 1. The fourth-order valence-corrected chi connectivity index (χ4v) is 2.18. The van der Waals surface area contributed by atoms with Crippen LogP contribution < -0.4 is 16.0 Å². The van der Waals surface area contributed by atoms with Gasteiger partial charge in [0.05, 0.1) is 17.1 Å². The number of ether oxygens (including phenoxy) is 1. The lowest BCUT2D eigenvalue weighted by molar-refractivity contribution is 0.368. The zero-order valence-electron chi connectivity index (χ0n) is 12.5. The Kier molecular flexibility index (Phi) is 4.21. The van der Waals surface area contributed by atoms with Crippen LogP contribution in [0.1, 0.15) is 5.56 Å². The average Bonchev–Trinajstić information content (AvgIpc) is 2.60. The summed E-state index contributed by atoms with van der Waals surface area (Å²) >= 11 is 0. The first-order valence-corrected chi connectivity index (χ1v) is 7.07. The maximum Gasteiger partial charge on any atom is 0.349 e. The predicted molar refractivity (Wildman–Crippen MR) is 89.4 cm³/mol. The Balaban J connectivity index is 1.98. The van der Waals surface area contributed by atoms with Crippen molar-refractivity contribution in [2.45, 2.75) is 0 Å². The number of nitrogens with zero attached hydrogens (tertiary/aromatic N) is 3. The van der Waals surface area contributed by atoms with Crippen molar-refractivity contribution in [2.24, 2.45) is 5.10 Å². The molecule has 3 rings (SSSR count). The molecular weight excluding hydrogens is 308 g/mol. The number of benzene rings is 2. The second kappa shape index (κ2) is 6.62. The normalized spacial score (nSPS) is 10.8. The van der Waals surface area contributed by atoms with Gasteiger partial charge in [0.2, 0.25) is 0 Å². The molecule has 0 saturated carbocycles. The van der Waals surface area contributed by atoms with Crippen molar-refractivity contribution in [3.8, 4) is 11.8 Å². The van der Waals surface area contributed by atoms with Crippen molar-refractivity contribution >= 4 is 17.1 Å². The molecule has 3 aromatic rings. The lowest BCUT2D eigenvalue weighted by atomic mass is 10.2. The van der Waals surface area contributed by atoms with E-state index >= 15 is 0 Å². The number of fused-ring (bicyclic) bond motifs is 1. The lowest BCUT2D eigenvalue weighted by Crippen LogP contribution is -2.32. The van der Waals surface area contributed by atoms with Crippen molar-refractivity contribution in [3.63, 3.8) is 0 Å². The van der Waals surface area contributed by atoms with E-state index < -0.39 is 11.2 Å². The summed E-state index contributed by atoms with van der Waals surface area (Å²) in [5.74, 6) is 0.500. The molecule has 0 bridgehead atoms. The van der Waals surface area contributed by atoms with Gasteiger partial charge in [-0.25, -0.2) is 4.79 Å². The summed E-state index contributed by atoms with van der Waals surface area (Å²) in [6, 6.07) is 15.4. The van der Waals surface area contributed by atoms with Crippen LogP contribution in [0.15, 0.2) is 63.2 Å². The predicted octanol–water partition coefficient (Wildman–Crippen LogP) is 1.47. The summed E-state index contributed by atoms with van der Waals surface area (Å²) in [7, 11) is 0. The quantitative estimate of drug-likeness (QED) is 0.736. The first kappa shape index (κ1) is 15.2. The van der Waals surface area contributed by atoms with Crippen molar-refractivity contribution < 1.29 is 4.74 Å². The molecule has 0 aliphatic carbocycles. The summed E-state index contributed by atoms with van der Waals surface area (Å²) < 4.78 is 5.96. The Bertz CT molecular complexity index is 1070. The van der Waals surface area contributed by atoms with Gasteiger partial charge >= 0.3 is 5.69 Å². The summed E-state index contributed by atoms with van der Waals surface area (Å²) in [4.78, 5) is 27.0. The van der Waals surface area contributed by atoms with Crippen molar-refractivity contribution in [3.05, 3.63) is 74.9 Å². The zero-order chi connectivity index (χ0) is 16.9. The molecular formula is C17H12N4O3. The first-order chi connectivity index (χ1) is 11.7. The van der Waals surface area contributed by atoms with E-state index in [9.17, 15) is 9.59 Å². The molecule has 7 heteroatoms. The van der Waals surface area contributed by atoms with E-state index in [0.717, 1.165) is 4.68 Å². The second-order valence-corrected chi connectivity index (χ2v) is 4.86. The minimum absolute atomic E-state index is 0.0651. The topological polar surface area (TPSA) is 100 Å². The third-order valence-electron chi connectivity index (χ3n) is 3.27. The van der Waals surface area contributed by atoms with Gasteiger partial charge < -0.3 is 9.72 Å². The standard InChI is InChI=1S/C17H12N4O3/c18-8-9-24-13-5-3-4-12(10-13)11-19-21-16(22)14-6-1-2-7-15(14)20-17(21)23/h1-7,10-11H,9H2,(H,20,23). The third-order valence-corrected chi connectivity index (χ3v) is 3.27. The summed E-state index contributed by atoms with van der Waals surface area (Å²) in [6.07, 6.45) is 1.38. The van der Waals surface area contributed by atoms with Gasteiger partial charge in [-0.1, -0.05) is 24.3 Å². The van der Waals surface area contributed by atoms with Gasteiger partial charge in [0.25, 0.3) is 5.56 Å². The van der Waals surface area contributed by atoms with Crippen LogP contribution in [0.5, 0.6) is 5.75 Å². The minimum Gasteiger partial charge on any atom is -0.479 e. The van der Waals surface area contributed by atoms with Gasteiger partial charge in [0.1, 0.15) is 11.8 Å². The van der Waals surface area contributed by atoms with E-state index in [1.165, 1.54) is 6.21 Å². The van der Waals surface area contributed by atoms with Crippen molar-refractivity contribution in [1.29, 1.82) is 5.26 Å². The number of para-hydroxylation sites is 1. The maximum atomic E-state index is 12.3. The molecule has 1 aromatic heterocycles.